The molecule has 1 aromatic heterocycles. The van der Waals surface area contributed by atoms with Crippen LogP contribution in [0.3, 0.4) is 0 Å². The Labute approximate surface area is 155 Å². The quantitative estimate of drug-likeness (QED) is 0.586. The summed E-state index contributed by atoms with van der Waals surface area (Å²) in [7, 11) is 0. The predicted molar refractivity (Wildman–Crippen MR) is 98.0 cm³/mol. The molecule has 1 saturated heterocycles. The van der Waals surface area contributed by atoms with Crippen molar-refractivity contribution in [2.75, 3.05) is 17.7 Å². The Bertz CT molecular complexity index is 870. The second kappa shape index (κ2) is 7.87. The summed E-state index contributed by atoms with van der Waals surface area (Å²) in [5, 5.41) is 21.9. The summed E-state index contributed by atoms with van der Waals surface area (Å²) in [5.41, 5.74) is 6.23. The van der Waals surface area contributed by atoms with Gasteiger partial charge in [-0.1, -0.05) is 18.2 Å². The molecule has 1 fully saturated rings. The van der Waals surface area contributed by atoms with Crippen molar-refractivity contribution in [3.63, 3.8) is 0 Å². The number of aromatic nitrogens is 2. The average Bonchev–Trinajstić information content (AvgIpc) is 3.02. The van der Waals surface area contributed by atoms with E-state index >= 15 is 0 Å². The predicted octanol–water partition coefficient (Wildman–Crippen LogP) is 0.208. The molecule has 0 saturated carbocycles. The van der Waals surface area contributed by atoms with Crippen LogP contribution < -0.4 is 16.7 Å². The number of anilines is 2. The molecule has 0 aliphatic carbocycles. The fourth-order valence-electron chi connectivity index (χ4n) is 3.00. The van der Waals surface area contributed by atoms with Gasteiger partial charge in [0.1, 0.15) is 18.1 Å². The van der Waals surface area contributed by atoms with E-state index < -0.39 is 30.0 Å². The van der Waals surface area contributed by atoms with E-state index in [1.807, 2.05) is 6.07 Å². The number of rotatable bonds is 5. The third-order valence-corrected chi connectivity index (χ3v) is 4.61. The topological polar surface area (TPSA) is 140 Å². The highest BCUT2D eigenvalue weighted by Gasteiger charge is 2.35. The van der Waals surface area contributed by atoms with Gasteiger partial charge in [-0.15, -0.1) is 0 Å². The van der Waals surface area contributed by atoms with Gasteiger partial charge in [0.15, 0.2) is 0 Å². The SMILES string of the molecule is CC(C(=O)Nc1ccccc1)c1cn([C@H]2CC(O)[C@@H](CO)O2)c(=O)nc1N. The van der Waals surface area contributed by atoms with Crippen LogP contribution in [0.2, 0.25) is 0 Å². The van der Waals surface area contributed by atoms with Gasteiger partial charge in [0.25, 0.3) is 0 Å². The fourth-order valence-corrected chi connectivity index (χ4v) is 3.00. The number of aliphatic hydroxyl groups is 2. The number of benzene rings is 1. The van der Waals surface area contributed by atoms with E-state index in [0.29, 0.717) is 11.3 Å². The summed E-state index contributed by atoms with van der Waals surface area (Å²) in [6, 6.07) is 8.96. The van der Waals surface area contributed by atoms with Crippen molar-refractivity contribution >= 4 is 17.4 Å². The van der Waals surface area contributed by atoms with Crippen molar-refractivity contribution in [1.82, 2.24) is 9.55 Å². The van der Waals surface area contributed by atoms with Crippen molar-refractivity contribution in [3.8, 4) is 0 Å². The molecule has 9 heteroatoms. The van der Waals surface area contributed by atoms with Gasteiger partial charge in [0.2, 0.25) is 5.91 Å². The zero-order chi connectivity index (χ0) is 19.6. The summed E-state index contributed by atoms with van der Waals surface area (Å²) in [6.45, 7) is 1.29. The van der Waals surface area contributed by atoms with Gasteiger partial charge < -0.3 is 26.0 Å². The normalized spacial score (nSPS) is 23.1. The highest BCUT2D eigenvalue weighted by Crippen LogP contribution is 2.29. The fraction of sp³-hybridized carbons (Fsp3) is 0.389. The third kappa shape index (κ3) is 4.00. The molecular weight excluding hydrogens is 352 g/mol. The highest BCUT2D eigenvalue weighted by molar-refractivity contribution is 5.96. The van der Waals surface area contributed by atoms with E-state index in [1.54, 1.807) is 31.2 Å². The Kier molecular flexibility index (Phi) is 5.54. The minimum Gasteiger partial charge on any atom is -0.394 e. The van der Waals surface area contributed by atoms with Gasteiger partial charge in [-0.2, -0.15) is 4.98 Å². The van der Waals surface area contributed by atoms with Gasteiger partial charge in [0, 0.05) is 23.9 Å². The maximum absolute atomic E-state index is 12.5. The van der Waals surface area contributed by atoms with Crippen LogP contribution >= 0.6 is 0 Å². The first-order valence-corrected chi connectivity index (χ1v) is 8.59. The lowest BCUT2D eigenvalue weighted by Gasteiger charge is -2.19. The van der Waals surface area contributed by atoms with E-state index in [9.17, 15) is 19.8 Å². The lowest BCUT2D eigenvalue weighted by atomic mass is 10.0. The Hall–Kier alpha value is -2.75. The first-order valence-electron chi connectivity index (χ1n) is 8.59. The van der Waals surface area contributed by atoms with E-state index in [0.717, 1.165) is 0 Å². The molecule has 0 bridgehead atoms. The van der Waals surface area contributed by atoms with Crippen LogP contribution in [0.4, 0.5) is 11.5 Å². The molecule has 1 aliphatic heterocycles. The van der Waals surface area contributed by atoms with Crippen molar-refractivity contribution in [3.05, 3.63) is 52.6 Å². The number of aliphatic hydroxyl groups excluding tert-OH is 2. The van der Waals surface area contributed by atoms with Crippen LogP contribution in [0.15, 0.2) is 41.3 Å². The van der Waals surface area contributed by atoms with Crippen LogP contribution in [-0.4, -0.2) is 44.5 Å². The maximum Gasteiger partial charge on any atom is 0.351 e. The van der Waals surface area contributed by atoms with Crippen LogP contribution in [-0.2, 0) is 9.53 Å². The molecule has 0 spiro atoms. The molecule has 9 nitrogen and oxygen atoms in total. The monoisotopic (exact) mass is 374 g/mol. The summed E-state index contributed by atoms with van der Waals surface area (Å²) >= 11 is 0. The number of nitrogens with two attached hydrogens (primary N) is 1. The molecule has 2 heterocycles. The number of nitrogen functional groups attached to an aromatic ring is 1. The number of nitrogens with one attached hydrogen (secondary N) is 1. The van der Waals surface area contributed by atoms with Crippen molar-refractivity contribution in [2.45, 2.75) is 37.7 Å². The molecule has 0 radical (unpaired) electrons. The van der Waals surface area contributed by atoms with Gasteiger partial charge in [0.05, 0.1) is 18.6 Å². The highest BCUT2D eigenvalue weighted by atomic mass is 16.5. The molecule has 1 aromatic carbocycles. The molecule has 1 aliphatic rings. The molecular formula is C18H22N4O5. The number of hydrogen-bond acceptors (Lipinski definition) is 7. The Balaban J connectivity index is 1.85. The van der Waals surface area contributed by atoms with E-state index in [4.69, 9.17) is 10.5 Å². The lowest BCUT2D eigenvalue weighted by Crippen LogP contribution is -2.31. The molecule has 3 rings (SSSR count). The smallest absolute Gasteiger partial charge is 0.351 e. The van der Waals surface area contributed by atoms with Gasteiger partial charge in [-0.05, 0) is 19.1 Å². The summed E-state index contributed by atoms with van der Waals surface area (Å²) in [6.07, 6.45) is -0.910. The average molecular weight is 374 g/mol. The number of ether oxygens (including phenoxy) is 1. The molecule has 5 N–H and O–H groups in total. The van der Waals surface area contributed by atoms with Crippen LogP contribution in [0, 0.1) is 0 Å². The van der Waals surface area contributed by atoms with E-state index in [2.05, 4.69) is 10.3 Å². The van der Waals surface area contributed by atoms with Crippen LogP contribution in [0.5, 0.6) is 0 Å². The first kappa shape index (κ1) is 19.0. The van der Waals surface area contributed by atoms with Crippen LogP contribution in [0.1, 0.15) is 31.1 Å². The number of nitrogens with zero attached hydrogens (tertiary/aromatic N) is 2. The molecule has 4 atom stereocenters. The number of para-hydroxylation sites is 1. The Morgan fingerprint density at radius 2 is 2.15 bits per heavy atom. The molecule has 144 valence electrons. The van der Waals surface area contributed by atoms with Crippen LogP contribution in [0.25, 0.3) is 0 Å². The minimum atomic E-state index is -0.897. The Morgan fingerprint density at radius 1 is 1.44 bits per heavy atom. The van der Waals surface area contributed by atoms with Crippen molar-refractivity contribution in [1.29, 1.82) is 0 Å². The first-order chi connectivity index (χ1) is 12.9. The summed E-state index contributed by atoms with van der Waals surface area (Å²) in [5.74, 6) is -1.02. The third-order valence-electron chi connectivity index (χ3n) is 4.61. The van der Waals surface area contributed by atoms with E-state index in [-0.39, 0.29) is 24.8 Å². The molecule has 27 heavy (non-hydrogen) atoms. The Morgan fingerprint density at radius 3 is 2.78 bits per heavy atom. The maximum atomic E-state index is 12.5. The number of carbonyl (C=O) groups excluding carboxylic acids is 1. The zero-order valence-electron chi connectivity index (χ0n) is 14.8. The summed E-state index contributed by atoms with van der Waals surface area (Å²) < 4.78 is 6.69. The lowest BCUT2D eigenvalue weighted by molar-refractivity contribution is -0.117. The van der Waals surface area contributed by atoms with E-state index in [1.165, 1.54) is 10.8 Å². The molecule has 2 unspecified atom stereocenters. The molecule has 2 aromatic rings. The van der Waals surface area contributed by atoms with Gasteiger partial charge in [-0.25, -0.2) is 4.79 Å². The second-order valence-corrected chi connectivity index (χ2v) is 6.46. The summed E-state index contributed by atoms with van der Waals surface area (Å²) in [4.78, 5) is 28.5. The van der Waals surface area contributed by atoms with Crippen molar-refractivity contribution in [2.24, 2.45) is 0 Å². The zero-order valence-corrected chi connectivity index (χ0v) is 14.8. The van der Waals surface area contributed by atoms with Crippen molar-refractivity contribution < 1.29 is 19.7 Å². The standard InChI is InChI=1S/C18H22N4O5/c1-10(17(25)20-11-5-3-2-4-6-11)12-8-22(18(26)21-16(12)19)15-7-13(24)14(9-23)27-15/h2-6,8,10,13-15,23-24H,7,9H2,1H3,(H,20,25)(H2,19,21,26)/t10?,13?,14-,15-/m1/s1. The number of hydrogen-bond donors (Lipinski definition) is 4. The minimum absolute atomic E-state index is 0.0378. The number of carbonyl (C=O) groups is 1. The molecule has 1 amide bonds. The largest absolute Gasteiger partial charge is 0.394 e. The van der Waals surface area contributed by atoms with Gasteiger partial charge >= 0.3 is 5.69 Å². The second-order valence-electron chi connectivity index (χ2n) is 6.46. The number of amides is 1. The van der Waals surface area contributed by atoms with Gasteiger partial charge in [-0.3, -0.25) is 9.36 Å².